The van der Waals surface area contributed by atoms with Crippen molar-refractivity contribution < 1.29 is 14.2 Å². The van der Waals surface area contributed by atoms with Crippen LogP contribution in [0, 0.1) is 0 Å². The summed E-state index contributed by atoms with van der Waals surface area (Å²) in [6, 6.07) is 23.7. The molecule has 0 aliphatic rings. The Morgan fingerprint density at radius 2 is 1.52 bits per heavy atom. The molecule has 0 aliphatic heterocycles. The van der Waals surface area contributed by atoms with E-state index in [-0.39, 0.29) is 24.0 Å². The number of benzene rings is 3. The first kappa shape index (κ1) is 24.5. The van der Waals surface area contributed by atoms with Crippen LogP contribution in [0.5, 0.6) is 11.5 Å². The molecule has 0 atom stereocenters. The normalized spacial score (nSPS) is 10.8. The number of nitrogens with zero attached hydrogens (tertiary/aromatic N) is 1. The monoisotopic (exact) mass is 533 g/mol. The lowest BCUT2D eigenvalue weighted by molar-refractivity contribution is 0.106. The van der Waals surface area contributed by atoms with Gasteiger partial charge in [-0.2, -0.15) is 0 Å². The molecule has 0 bridgehead atoms. The average Bonchev–Trinajstić information content (AvgIpc) is 2.79. The molecule has 3 aromatic rings. The first-order valence-electron chi connectivity index (χ1n) is 9.67. The molecular weight excluding hydrogens is 505 g/mol. The predicted molar refractivity (Wildman–Crippen MR) is 135 cm³/mol. The number of rotatable bonds is 9. The second-order valence-corrected chi connectivity index (χ2v) is 6.64. The lowest BCUT2D eigenvalue weighted by atomic mass is 10.1. The third-order valence-electron chi connectivity index (χ3n) is 4.56. The molecule has 6 nitrogen and oxygen atoms in total. The average molecular weight is 533 g/mol. The van der Waals surface area contributed by atoms with Gasteiger partial charge in [0.05, 0.1) is 34.0 Å². The highest BCUT2D eigenvalue weighted by Gasteiger charge is 2.06. The fourth-order valence-corrected chi connectivity index (χ4v) is 2.98. The molecule has 0 radical (unpaired) electrons. The van der Waals surface area contributed by atoms with Crippen LogP contribution in [0.1, 0.15) is 16.7 Å². The zero-order valence-corrected chi connectivity index (χ0v) is 20.0. The van der Waals surface area contributed by atoms with E-state index in [9.17, 15) is 0 Å². The summed E-state index contributed by atoms with van der Waals surface area (Å²) >= 11 is 0. The molecule has 0 spiro atoms. The summed E-state index contributed by atoms with van der Waals surface area (Å²) < 4.78 is 16.4. The number of ether oxygens (including phenoxy) is 3. The van der Waals surface area contributed by atoms with E-state index in [2.05, 4.69) is 22.4 Å². The number of hydrogen-bond acceptors (Lipinski definition) is 4. The lowest BCUT2D eigenvalue weighted by Gasteiger charge is -2.12. The van der Waals surface area contributed by atoms with E-state index in [4.69, 9.17) is 19.9 Å². The Bertz CT molecular complexity index is 981. The SMILES string of the molecule is COc1ccc(NC(N)=NCc2ccccc2COCc2ccccc2)cc1OC.I. The number of hydrogen-bond donors (Lipinski definition) is 2. The summed E-state index contributed by atoms with van der Waals surface area (Å²) in [4.78, 5) is 4.47. The quantitative estimate of drug-likeness (QED) is 0.231. The lowest BCUT2D eigenvalue weighted by Crippen LogP contribution is -2.22. The molecule has 0 unspecified atom stereocenters. The Morgan fingerprint density at radius 1 is 0.839 bits per heavy atom. The van der Waals surface area contributed by atoms with Gasteiger partial charge in [0.1, 0.15) is 0 Å². The third kappa shape index (κ3) is 7.45. The Morgan fingerprint density at radius 3 is 2.23 bits per heavy atom. The van der Waals surface area contributed by atoms with Gasteiger partial charge in [-0.25, -0.2) is 4.99 Å². The minimum absolute atomic E-state index is 0. The maximum Gasteiger partial charge on any atom is 0.193 e. The van der Waals surface area contributed by atoms with E-state index in [1.807, 2.05) is 60.7 Å². The number of aliphatic imine (C=N–C) groups is 1. The van der Waals surface area contributed by atoms with Crippen molar-refractivity contribution in [2.24, 2.45) is 10.7 Å². The van der Waals surface area contributed by atoms with E-state index in [0.717, 1.165) is 22.4 Å². The highest BCUT2D eigenvalue weighted by molar-refractivity contribution is 14.0. The van der Waals surface area contributed by atoms with Gasteiger partial charge in [0, 0.05) is 11.8 Å². The van der Waals surface area contributed by atoms with Crippen LogP contribution in [-0.2, 0) is 24.5 Å². The number of nitrogens with one attached hydrogen (secondary N) is 1. The molecule has 0 aromatic heterocycles. The summed E-state index contributed by atoms with van der Waals surface area (Å²) in [6.45, 7) is 1.54. The molecule has 0 amide bonds. The number of halogens is 1. The molecular formula is C24H28IN3O3. The second kappa shape index (κ2) is 12.8. The summed E-state index contributed by atoms with van der Waals surface area (Å²) in [5, 5.41) is 3.08. The number of guanidine groups is 1. The van der Waals surface area contributed by atoms with Gasteiger partial charge in [-0.05, 0) is 28.8 Å². The van der Waals surface area contributed by atoms with Crippen molar-refractivity contribution in [1.29, 1.82) is 0 Å². The molecule has 31 heavy (non-hydrogen) atoms. The van der Waals surface area contributed by atoms with Crippen LogP contribution in [0.25, 0.3) is 0 Å². The van der Waals surface area contributed by atoms with Crippen LogP contribution in [0.4, 0.5) is 5.69 Å². The maximum atomic E-state index is 6.08. The van der Waals surface area contributed by atoms with Crippen molar-refractivity contribution in [3.8, 4) is 11.5 Å². The van der Waals surface area contributed by atoms with Crippen molar-refractivity contribution in [3.05, 3.63) is 89.5 Å². The molecule has 0 heterocycles. The second-order valence-electron chi connectivity index (χ2n) is 6.64. The number of anilines is 1. The van der Waals surface area contributed by atoms with Gasteiger partial charge >= 0.3 is 0 Å². The van der Waals surface area contributed by atoms with E-state index in [1.54, 1.807) is 14.2 Å². The molecule has 7 heteroatoms. The van der Waals surface area contributed by atoms with Crippen LogP contribution in [-0.4, -0.2) is 20.2 Å². The molecule has 0 saturated carbocycles. The molecule has 164 valence electrons. The van der Waals surface area contributed by atoms with Crippen molar-refractivity contribution in [2.45, 2.75) is 19.8 Å². The molecule has 3 aromatic carbocycles. The molecule has 3 N–H and O–H groups in total. The zero-order valence-electron chi connectivity index (χ0n) is 17.7. The minimum Gasteiger partial charge on any atom is -0.493 e. The molecule has 0 fully saturated rings. The summed E-state index contributed by atoms with van der Waals surface area (Å²) in [7, 11) is 3.19. The van der Waals surface area contributed by atoms with Gasteiger partial charge in [-0.1, -0.05) is 54.6 Å². The molecule has 0 aliphatic carbocycles. The summed E-state index contributed by atoms with van der Waals surface area (Å²) in [5.74, 6) is 1.60. The van der Waals surface area contributed by atoms with Gasteiger partial charge in [0.15, 0.2) is 17.5 Å². The fourth-order valence-electron chi connectivity index (χ4n) is 2.98. The van der Waals surface area contributed by atoms with Gasteiger partial charge in [0.25, 0.3) is 0 Å². The Balaban J connectivity index is 0.00000341. The summed E-state index contributed by atoms with van der Waals surface area (Å²) in [6.07, 6.45) is 0. The van der Waals surface area contributed by atoms with E-state index < -0.39 is 0 Å². The third-order valence-corrected chi connectivity index (χ3v) is 4.56. The van der Waals surface area contributed by atoms with Crippen molar-refractivity contribution in [2.75, 3.05) is 19.5 Å². The van der Waals surface area contributed by atoms with Crippen LogP contribution >= 0.6 is 24.0 Å². The predicted octanol–water partition coefficient (Wildman–Crippen LogP) is 4.97. The van der Waals surface area contributed by atoms with Gasteiger partial charge in [0.2, 0.25) is 0 Å². The van der Waals surface area contributed by atoms with Crippen LogP contribution < -0.4 is 20.5 Å². The van der Waals surface area contributed by atoms with Gasteiger partial charge < -0.3 is 25.3 Å². The van der Waals surface area contributed by atoms with Crippen LogP contribution in [0.2, 0.25) is 0 Å². The van der Waals surface area contributed by atoms with E-state index in [0.29, 0.717) is 37.2 Å². The maximum absolute atomic E-state index is 6.08. The van der Waals surface area contributed by atoms with Crippen LogP contribution in [0.3, 0.4) is 0 Å². The molecule has 0 saturated heterocycles. The largest absolute Gasteiger partial charge is 0.493 e. The zero-order chi connectivity index (χ0) is 21.2. The Kier molecular flexibility index (Phi) is 10.1. The van der Waals surface area contributed by atoms with Gasteiger partial charge in [-0.15, -0.1) is 24.0 Å². The number of methoxy groups -OCH3 is 2. The highest BCUT2D eigenvalue weighted by Crippen LogP contribution is 2.29. The van der Waals surface area contributed by atoms with Crippen molar-refractivity contribution in [1.82, 2.24) is 0 Å². The fraction of sp³-hybridized carbons (Fsp3) is 0.208. The van der Waals surface area contributed by atoms with E-state index in [1.165, 1.54) is 0 Å². The Hall–Kier alpha value is -2.78. The van der Waals surface area contributed by atoms with Gasteiger partial charge in [-0.3, -0.25) is 0 Å². The standard InChI is InChI=1S/C24H27N3O3.HI/c1-28-22-13-12-21(14-23(22)29-2)27-24(25)26-15-19-10-6-7-11-20(19)17-30-16-18-8-4-3-5-9-18;/h3-14H,15-17H2,1-2H3,(H3,25,26,27);1H. The smallest absolute Gasteiger partial charge is 0.193 e. The topological polar surface area (TPSA) is 78.1 Å². The van der Waals surface area contributed by atoms with E-state index >= 15 is 0 Å². The highest BCUT2D eigenvalue weighted by atomic mass is 127. The first-order valence-corrected chi connectivity index (χ1v) is 9.67. The first-order chi connectivity index (χ1) is 14.7. The minimum atomic E-state index is 0. The summed E-state index contributed by atoms with van der Waals surface area (Å²) in [5.41, 5.74) is 10.2. The van der Waals surface area contributed by atoms with Crippen molar-refractivity contribution >= 4 is 35.6 Å². The van der Waals surface area contributed by atoms with Crippen LogP contribution in [0.15, 0.2) is 77.8 Å². The molecule has 3 rings (SSSR count). The number of nitrogens with two attached hydrogens (primary N) is 1. The Labute approximate surface area is 200 Å². The van der Waals surface area contributed by atoms with Crippen molar-refractivity contribution in [3.63, 3.8) is 0 Å².